The molecule has 10 nitrogen and oxygen atoms in total. The van der Waals surface area contributed by atoms with Gasteiger partial charge < -0.3 is 66.2 Å². The molecule has 0 fully saturated rings. The molecule has 2 aliphatic rings. The molecule has 4 amide bonds. The van der Waals surface area contributed by atoms with Crippen LogP contribution >= 0.6 is 0 Å². The fraction of sp³-hybridized carbons (Fsp3) is 0.467. The summed E-state index contributed by atoms with van der Waals surface area (Å²) >= 11 is 0. The van der Waals surface area contributed by atoms with E-state index in [-0.39, 0.29) is 161 Å². The van der Waals surface area contributed by atoms with E-state index in [0.29, 0.717) is 48.2 Å². The smallest absolute Gasteiger partial charge is 0.261 e. The van der Waals surface area contributed by atoms with E-state index < -0.39 is 0 Å². The van der Waals surface area contributed by atoms with Gasteiger partial charge in [0.25, 0.3) is 23.6 Å². The Kier molecular flexibility index (Phi) is 100.0. The number of nitrogens with zero attached hydrogens (tertiary/aromatic N) is 1. The van der Waals surface area contributed by atoms with E-state index in [1.54, 1.807) is 48.5 Å². The van der Waals surface area contributed by atoms with Crippen molar-refractivity contribution in [2.75, 3.05) is 19.7 Å². The summed E-state index contributed by atoms with van der Waals surface area (Å²) in [6.45, 7) is 40.4. The van der Waals surface area contributed by atoms with Crippen LogP contribution in [0.5, 0.6) is 0 Å². The van der Waals surface area contributed by atoms with Gasteiger partial charge in [-0.05, 0) is 30.8 Å². The van der Waals surface area contributed by atoms with E-state index in [4.69, 9.17) is 10.8 Å². The monoisotopic (exact) mass is 1130 g/mol. The van der Waals surface area contributed by atoms with Crippen molar-refractivity contribution < 1.29 is 155 Å². The molecule has 0 saturated carbocycles. The van der Waals surface area contributed by atoms with Crippen molar-refractivity contribution in [2.45, 2.75) is 118 Å². The number of unbranched alkanes of at least 4 members (excludes halogenated alkanes) is 5. The van der Waals surface area contributed by atoms with Gasteiger partial charge in [-0.1, -0.05) is 91.0 Å². The van der Waals surface area contributed by atoms with Crippen LogP contribution in [0.1, 0.15) is 160 Å². The number of hydrogen-bond acceptors (Lipinski definition) is 8. The van der Waals surface area contributed by atoms with Crippen LogP contribution in [-0.4, -0.2) is 53.3 Å². The minimum atomic E-state index is -0.300. The van der Waals surface area contributed by atoms with Gasteiger partial charge in [-0.25, -0.2) is 0 Å². The Morgan fingerprint density at radius 1 is 0.492 bits per heavy atom. The Labute approximate surface area is 464 Å². The van der Waals surface area contributed by atoms with Gasteiger partial charge in [0.15, 0.2) is 0 Å². The average molecular weight is 1130 g/mol. The summed E-state index contributed by atoms with van der Waals surface area (Å²) < 4.78 is 0. The van der Waals surface area contributed by atoms with Crippen LogP contribution < -0.4 is 22.7 Å². The predicted octanol–water partition coefficient (Wildman–Crippen LogP) is 9.36. The van der Waals surface area contributed by atoms with Crippen LogP contribution in [0.4, 0.5) is 0 Å². The summed E-state index contributed by atoms with van der Waals surface area (Å²) in [4.78, 5) is 46.5. The number of carbonyl (C=O) groups excluding carboxylic acids is 4. The number of carbonyl (C=O) groups is 4. The molecule has 0 saturated heterocycles. The Hall–Kier alpha value is 0.976. The van der Waals surface area contributed by atoms with Crippen molar-refractivity contribution in [3.8, 4) is 0 Å². The van der Waals surface area contributed by atoms with Gasteiger partial charge in [0.1, 0.15) is 0 Å². The summed E-state index contributed by atoms with van der Waals surface area (Å²) in [5.41, 5.74) is 6.92. The minimum Gasteiger partial charge on any atom is -0.399 e. The molecule has 2 aromatic rings. The molecule has 59 heavy (non-hydrogen) atoms. The number of fused-ring (bicyclic) bond motifs is 2. The van der Waals surface area contributed by atoms with E-state index in [9.17, 15) is 19.2 Å². The quantitative estimate of drug-likeness (QED) is 0.0713. The normalized spacial score (nSPS) is 9.88. The molecule has 0 bridgehead atoms. The zero-order valence-electron chi connectivity index (χ0n) is 37.7. The van der Waals surface area contributed by atoms with E-state index in [2.05, 4.69) is 107 Å². The van der Waals surface area contributed by atoms with Gasteiger partial charge in [-0.15, -0.1) is 0 Å². The standard InChI is InChI=1S/C11H10NO2.C8H5NO2.5C4H9.C3H8N.C3H7O.H4N2.4Y/c1-2-7-12-10(13)8-5-3-4-6-9(8)11(12)14;10-7-5-3-1-2-4-6(5)8(11)9-7;5*1-3-4-2;2*1-2-3-4;1-2;;;;/h3-6H,1-2,7H2;1-4H,(H,9,10,11);5*1,3-4H2,2H3;1-4H2;4H,1-3H2;1-2H2;;;;/q-1;;7*-1;;;;;. The van der Waals surface area contributed by atoms with Crippen LogP contribution in [0, 0.1) is 55.4 Å². The minimum absolute atomic E-state index is 0. The molecule has 0 atom stereocenters. The number of aliphatic hydroxyl groups is 1. The first kappa shape index (κ1) is 83.5. The van der Waals surface area contributed by atoms with E-state index >= 15 is 0 Å². The van der Waals surface area contributed by atoms with E-state index in [0.717, 1.165) is 38.5 Å². The summed E-state index contributed by atoms with van der Waals surface area (Å²) in [5.74, 6) is 7.00. The largest absolute Gasteiger partial charge is 0.399 e. The molecular formula is C45H79N5O5Y4-8. The maximum Gasteiger partial charge on any atom is 0.261 e. The topological polar surface area (TPSA) is 182 Å². The van der Waals surface area contributed by atoms with Crippen LogP contribution in [0.3, 0.4) is 0 Å². The van der Waals surface area contributed by atoms with Crippen molar-refractivity contribution in [2.24, 2.45) is 17.4 Å². The molecule has 0 spiro atoms. The fourth-order valence-electron chi connectivity index (χ4n) is 2.72. The van der Waals surface area contributed by atoms with Crippen LogP contribution in [0.25, 0.3) is 0 Å². The molecule has 2 heterocycles. The van der Waals surface area contributed by atoms with Crippen molar-refractivity contribution in [1.82, 2.24) is 10.2 Å². The van der Waals surface area contributed by atoms with E-state index in [1.165, 1.54) is 37.0 Å². The summed E-state index contributed by atoms with van der Waals surface area (Å²) in [6.07, 6.45) is 13.4. The Bertz CT molecular complexity index is 1030. The van der Waals surface area contributed by atoms with Gasteiger partial charge in [0.05, 0.1) is 22.3 Å². The molecule has 0 aromatic heterocycles. The molecule has 0 aliphatic carbocycles. The maximum absolute atomic E-state index is 11.7. The number of hydrogen-bond donors (Lipinski definition) is 5. The molecular weight excluding hydrogens is 1050 g/mol. The number of aliphatic hydroxyl groups excluding tert-OH is 1. The number of nitrogens with two attached hydrogens (primary N) is 3. The zero-order valence-corrected chi connectivity index (χ0v) is 49.0. The van der Waals surface area contributed by atoms with Crippen LogP contribution in [0.2, 0.25) is 0 Å². The predicted molar refractivity (Wildman–Crippen MR) is 236 cm³/mol. The third kappa shape index (κ3) is 51.5. The molecule has 4 radical (unpaired) electrons. The molecule has 2 aromatic carbocycles. The van der Waals surface area contributed by atoms with Gasteiger partial charge in [-0.2, -0.15) is 51.4 Å². The second kappa shape index (κ2) is 70.6. The number of nitrogens with one attached hydrogen (secondary N) is 1. The Balaban J connectivity index is -0.0000000602. The SMILES string of the molecule is NN.O=C1NC(=O)c2ccccc21.[CH2-]CCC.[CH2-]CCC.[CH2-]CCC.[CH2-]CCC.[CH2-]CCC.[CH2-]CCN.[CH2-]CCN1C(=O)c2ccccc2C1=O.[CH2-]CCO.[Y].[Y].[Y].[Y]. The Morgan fingerprint density at radius 2 is 0.712 bits per heavy atom. The number of hydrazine groups is 1. The first-order valence-corrected chi connectivity index (χ1v) is 19.3. The molecule has 8 N–H and O–H groups in total. The van der Waals surface area contributed by atoms with Crippen LogP contribution in [0.15, 0.2) is 48.5 Å². The first-order valence-electron chi connectivity index (χ1n) is 19.3. The summed E-state index contributed by atoms with van der Waals surface area (Å²) in [7, 11) is 0. The average Bonchev–Trinajstić information content (AvgIpc) is 3.68. The number of benzene rings is 2. The van der Waals surface area contributed by atoms with Crippen molar-refractivity contribution in [1.29, 1.82) is 0 Å². The number of amides is 4. The molecule has 2 aliphatic heterocycles. The van der Waals surface area contributed by atoms with Gasteiger partial charge in [0.2, 0.25) is 0 Å². The van der Waals surface area contributed by atoms with Crippen LogP contribution in [-0.2, 0) is 131 Å². The van der Waals surface area contributed by atoms with Crippen molar-refractivity contribution in [3.63, 3.8) is 0 Å². The second-order valence-corrected chi connectivity index (χ2v) is 11.0. The Morgan fingerprint density at radius 3 is 0.881 bits per heavy atom. The van der Waals surface area contributed by atoms with Crippen molar-refractivity contribution >= 4 is 23.6 Å². The second-order valence-electron chi connectivity index (χ2n) is 11.0. The molecule has 0 unspecified atom stereocenters. The third-order valence-electron chi connectivity index (χ3n) is 6.03. The number of rotatable bonds is 9. The van der Waals surface area contributed by atoms with Gasteiger partial charge in [-0.3, -0.25) is 41.1 Å². The fourth-order valence-corrected chi connectivity index (χ4v) is 2.72. The molecule has 334 valence electrons. The molecule has 14 heteroatoms. The first-order chi connectivity index (χ1) is 26.4. The van der Waals surface area contributed by atoms with E-state index in [1.807, 2.05) is 0 Å². The summed E-state index contributed by atoms with van der Waals surface area (Å²) in [6, 6.07) is 13.6. The zero-order chi connectivity index (χ0) is 43.9. The molecule has 4 rings (SSSR count). The summed E-state index contributed by atoms with van der Waals surface area (Å²) in [5, 5.41) is 10.0. The maximum atomic E-state index is 11.7. The van der Waals surface area contributed by atoms with Crippen molar-refractivity contribution in [3.05, 3.63) is 126 Å². The van der Waals surface area contributed by atoms with Gasteiger partial charge >= 0.3 is 0 Å². The third-order valence-corrected chi connectivity index (χ3v) is 6.03. The number of imide groups is 2. The van der Waals surface area contributed by atoms with Gasteiger partial charge in [0, 0.05) is 144 Å².